The molecule has 0 unspecified atom stereocenters. The number of halogens is 2. The summed E-state index contributed by atoms with van der Waals surface area (Å²) in [7, 11) is 0. The van der Waals surface area contributed by atoms with Crippen LogP contribution in [0.25, 0.3) is 33.5 Å². The molecule has 2 aliphatic rings. The molecule has 1 atom stereocenters. The van der Waals surface area contributed by atoms with Crippen molar-refractivity contribution in [3.05, 3.63) is 77.0 Å². The van der Waals surface area contributed by atoms with Crippen LogP contribution in [0, 0.1) is 17.7 Å². The van der Waals surface area contributed by atoms with Crippen molar-refractivity contribution in [2.45, 2.75) is 25.8 Å². The summed E-state index contributed by atoms with van der Waals surface area (Å²) in [6, 6.07) is 22.0. The number of amides is 1. The van der Waals surface area contributed by atoms with E-state index in [0.29, 0.717) is 22.8 Å². The van der Waals surface area contributed by atoms with E-state index in [1.807, 2.05) is 23.1 Å². The lowest BCUT2D eigenvalue weighted by Gasteiger charge is -2.18. The Morgan fingerprint density at radius 2 is 1.68 bits per heavy atom. The maximum absolute atomic E-state index is 14.5. The smallest absolute Gasteiger partial charge is 0.225 e. The normalized spacial score (nSPS) is 18.1. The molecule has 1 aliphatic heterocycles. The van der Waals surface area contributed by atoms with Crippen LogP contribution in [0.4, 0.5) is 4.39 Å². The predicted octanol–water partition coefficient (Wildman–Crippen LogP) is 6.53. The second-order valence-corrected chi connectivity index (χ2v) is 10.3. The number of hydrogen-bond donors (Lipinski definition) is 0. The van der Waals surface area contributed by atoms with Crippen molar-refractivity contribution in [2.75, 3.05) is 13.1 Å². The fourth-order valence-electron chi connectivity index (χ4n) is 5.00. The Hall–Kier alpha value is -2.99. The molecule has 34 heavy (non-hydrogen) atoms. The Balaban J connectivity index is 1.35. The van der Waals surface area contributed by atoms with Crippen molar-refractivity contribution in [1.82, 2.24) is 14.5 Å². The molecule has 4 aromatic rings. The quantitative estimate of drug-likeness (QED) is 0.301. The van der Waals surface area contributed by atoms with Crippen molar-refractivity contribution in [2.24, 2.45) is 11.8 Å². The summed E-state index contributed by atoms with van der Waals surface area (Å²) in [6.45, 7) is 2.29. The van der Waals surface area contributed by atoms with Crippen molar-refractivity contribution in [3.63, 3.8) is 0 Å². The van der Waals surface area contributed by atoms with Gasteiger partial charge >= 0.3 is 0 Å². The molecule has 1 saturated carbocycles. The van der Waals surface area contributed by atoms with E-state index in [1.165, 1.54) is 5.56 Å². The predicted molar refractivity (Wildman–Crippen MR) is 136 cm³/mol. The topological polar surface area (TPSA) is 38.1 Å². The molecule has 0 N–H and O–H groups in total. The first-order valence-corrected chi connectivity index (χ1v) is 12.7. The fraction of sp³-hybridized carbons (Fsp3) is 0.286. The van der Waals surface area contributed by atoms with Gasteiger partial charge in [-0.15, -0.1) is 0 Å². The largest absolute Gasteiger partial charge is 0.342 e. The van der Waals surface area contributed by atoms with Crippen LogP contribution in [0.1, 0.15) is 19.3 Å². The molecule has 1 amide bonds. The number of imidazole rings is 1. The van der Waals surface area contributed by atoms with E-state index in [4.69, 9.17) is 4.98 Å². The second kappa shape index (κ2) is 8.66. The average Bonchev–Trinajstić information content (AvgIpc) is 3.52. The molecule has 0 spiro atoms. The van der Waals surface area contributed by atoms with E-state index >= 15 is 0 Å². The van der Waals surface area contributed by atoms with Crippen LogP contribution >= 0.6 is 15.9 Å². The first kappa shape index (κ1) is 21.5. The molecule has 172 valence electrons. The maximum Gasteiger partial charge on any atom is 0.225 e. The van der Waals surface area contributed by atoms with E-state index in [0.717, 1.165) is 60.3 Å². The van der Waals surface area contributed by atoms with Gasteiger partial charge in [-0.1, -0.05) is 54.6 Å². The zero-order valence-electron chi connectivity index (χ0n) is 18.8. The average molecular weight is 518 g/mol. The Kier molecular flexibility index (Phi) is 5.48. The molecule has 1 aromatic heterocycles. The van der Waals surface area contributed by atoms with Gasteiger partial charge in [0.1, 0.15) is 11.6 Å². The Bertz CT molecular complexity index is 1360. The van der Waals surface area contributed by atoms with Crippen LogP contribution in [0.5, 0.6) is 0 Å². The summed E-state index contributed by atoms with van der Waals surface area (Å²) in [5.74, 6) is 1.42. The van der Waals surface area contributed by atoms with Gasteiger partial charge in [0.15, 0.2) is 0 Å². The SMILES string of the molecule is O=C(C1CC1)N1CC[C@@H](Cn2c(-c3ccc(-c4ccccc4)cc3)nc3cc(Br)c(F)cc32)C1. The number of aromatic nitrogens is 2. The molecule has 1 aliphatic carbocycles. The molecule has 2 fully saturated rings. The van der Waals surface area contributed by atoms with Crippen LogP contribution in [0.15, 0.2) is 71.2 Å². The lowest BCUT2D eigenvalue weighted by atomic mass is 10.0. The summed E-state index contributed by atoms with van der Waals surface area (Å²) in [6.07, 6.45) is 3.02. The van der Waals surface area contributed by atoms with Crippen molar-refractivity contribution in [1.29, 1.82) is 0 Å². The van der Waals surface area contributed by atoms with E-state index in [1.54, 1.807) is 12.1 Å². The number of fused-ring (bicyclic) bond motifs is 1. The van der Waals surface area contributed by atoms with Crippen molar-refractivity contribution in [3.8, 4) is 22.5 Å². The highest BCUT2D eigenvalue weighted by Gasteiger charge is 2.36. The van der Waals surface area contributed by atoms with E-state index in [2.05, 4.69) is 56.9 Å². The van der Waals surface area contributed by atoms with Gasteiger partial charge in [-0.25, -0.2) is 9.37 Å². The third kappa shape index (κ3) is 4.05. The molecule has 6 heteroatoms. The summed E-state index contributed by atoms with van der Waals surface area (Å²) < 4.78 is 17.1. The molecule has 6 rings (SSSR count). The number of hydrogen-bond acceptors (Lipinski definition) is 2. The number of likely N-dealkylation sites (tertiary alicyclic amines) is 1. The van der Waals surface area contributed by atoms with Gasteiger partial charge in [-0.05, 0) is 58.3 Å². The molecular weight excluding hydrogens is 493 g/mol. The standard InChI is InChI=1S/C28H25BrFN3O/c29-23-14-25-26(15-24(23)30)33(17-18-12-13-32(16-18)28(34)22-10-11-22)27(31-25)21-8-6-20(7-9-21)19-4-2-1-3-5-19/h1-9,14-15,18,22H,10-13,16-17H2/t18-/m1/s1. The fourth-order valence-corrected chi connectivity index (χ4v) is 5.33. The molecular formula is C28H25BrFN3O. The number of nitrogens with zero attached hydrogens (tertiary/aromatic N) is 3. The Morgan fingerprint density at radius 3 is 2.41 bits per heavy atom. The minimum atomic E-state index is -0.295. The number of rotatable bonds is 5. The van der Waals surface area contributed by atoms with Crippen LogP contribution in [-0.4, -0.2) is 33.4 Å². The minimum Gasteiger partial charge on any atom is -0.342 e. The van der Waals surface area contributed by atoms with E-state index in [9.17, 15) is 9.18 Å². The van der Waals surface area contributed by atoms with Gasteiger partial charge in [-0.3, -0.25) is 4.79 Å². The summed E-state index contributed by atoms with van der Waals surface area (Å²) >= 11 is 3.30. The Morgan fingerprint density at radius 1 is 0.971 bits per heavy atom. The third-order valence-corrected chi connectivity index (χ3v) is 7.61. The van der Waals surface area contributed by atoms with Crippen LogP contribution < -0.4 is 0 Å². The zero-order chi connectivity index (χ0) is 23.2. The number of benzene rings is 3. The second-order valence-electron chi connectivity index (χ2n) is 9.46. The summed E-state index contributed by atoms with van der Waals surface area (Å²) in [5.41, 5.74) is 4.86. The van der Waals surface area contributed by atoms with Gasteiger partial charge < -0.3 is 9.47 Å². The number of carbonyl (C=O) groups is 1. The highest BCUT2D eigenvalue weighted by atomic mass is 79.9. The lowest BCUT2D eigenvalue weighted by Crippen LogP contribution is -2.30. The monoisotopic (exact) mass is 517 g/mol. The van der Waals surface area contributed by atoms with Crippen molar-refractivity contribution >= 4 is 32.9 Å². The van der Waals surface area contributed by atoms with Crippen LogP contribution in [-0.2, 0) is 11.3 Å². The van der Waals surface area contributed by atoms with Crippen LogP contribution in [0.3, 0.4) is 0 Å². The molecule has 4 nitrogen and oxygen atoms in total. The summed E-state index contributed by atoms with van der Waals surface area (Å²) in [5, 5.41) is 0. The van der Waals surface area contributed by atoms with Gasteiger partial charge in [0.2, 0.25) is 5.91 Å². The van der Waals surface area contributed by atoms with Gasteiger partial charge in [-0.2, -0.15) is 0 Å². The molecule has 2 heterocycles. The van der Waals surface area contributed by atoms with Gasteiger partial charge in [0.05, 0.1) is 15.5 Å². The minimum absolute atomic E-state index is 0.248. The zero-order valence-corrected chi connectivity index (χ0v) is 20.3. The Labute approximate surface area is 206 Å². The maximum atomic E-state index is 14.5. The van der Waals surface area contributed by atoms with Crippen LogP contribution in [0.2, 0.25) is 0 Å². The first-order valence-electron chi connectivity index (χ1n) is 11.9. The van der Waals surface area contributed by atoms with E-state index < -0.39 is 0 Å². The van der Waals surface area contributed by atoms with E-state index in [-0.39, 0.29) is 11.7 Å². The summed E-state index contributed by atoms with van der Waals surface area (Å²) in [4.78, 5) is 19.5. The molecule has 3 aromatic carbocycles. The first-order chi connectivity index (χ1) is 16.6. The highest BCUT2D eigenvalue weighted by Crippen LogP contribution is 2.35. The highest BCUT2D eigenvalue weighted by molar-refractivity contribution is 9.10. The molecule has 0 bridgehead atoms. The van der Waals surface area contributed by atoms with Gasteiger partial charge in [0, 0.05) is 37.2 Å². The number of carbonyl (C=O) groups excluding carboxylic acids is 1. The molecule has 0 radical (unpaired) electrons. The van der Waals surface area contributed by atoms with Gasteiger partial charge in [0.25, 0.3) is 0 Å². The third-order valence-electron chi connectivity index (χ3n) is 7.01. The lowest BCUT2D eigenvalue weighted by molar-refractivity contribution is -0.131. The van der Waals surface area contributed by atoms with Crippen molar-refractivity contribution < 1.29 is 9.18 Å². The molecule has 1 saturated heterocycles.